The number of para-hydroxylation sites is 1. The van der Waals surface area contributed by atoms with E-state index in [1.54, 1.807) is 13.2 Å². The molecular formula is C30H23N5O2. The number of nitriles is 1. The van der Waals surface area contributed by atoms with Crippen molar-refractivity contribution in [2.75, 3.05) is 12.4 Å². The van der Waals surface area contributed by atoms with Crippen LogP contribution in [-0.4, -0.2) is 27.8 Å². The second kappa shape index (κ2) is 10.2. The van der Waals surface area contributed by atoms with Gasteiger partial charge in [0.25, 0.3) is 5.91 Å². The lowest BCUT2D eigenvalue weighted by atomic mass is 10.0. The highest BCUT2D eigenvalue weighted by atomic mass is 16.5. The number of hydrogen-bond donors (Lipinski definition) is 1. The molecule has 3 aromatic carbocycles. The quantitative estimate of drug-likeness (QED) is 0.243. The minimum atomic E-state index is -0.377. The zero-order valence-corrected chi connectivity index (χ0v) is 20.3. The van der Waals surface area contributed by atoms with Crippen LogP contribution in [0.3, 0.4) is 0 Å². The van der Waals surface area contributed by atoms with Crippen LogP contribution in [0.4, 0.5) is 5.82 Å². The van der Waals surface area contributed by atoms with Gasteiger partial charge in [0.2, 0.25) is 0 Å². The first-order chi connectivity index (χ1) is 18.1. The number of rotatable bonds is 6. The van der Waals surface area contributed by atoms with Gasteiger partial charge in [-0.25, -0.2) is 4.98 Å². The molecule has 0 saturated carbocycles. The first-order valence-corrected chi connectivity index (χ1v) is 11.6. The van der Waals surface area contributed by atoms with Crippen molar-refractivity contribution < 1.29 is 9.53 Å². The number of methoxy groups -OCH3 is 1. The number of carbonyl (C=O) groups excluding carboxylic acids is 1. The van der Waals surface area contributed by atoms with Crippen molar-refractivity contribution in [3.63, 3.8) is 0 Å². The molecule has 5 rings (SSSR count). The lowest BCUT2D eigenvalue weighted by molar-refractivity contribution is -0.111. The van der Waals surface area contributed by atoms with Gasteiger partial charge in [-0.2, -0.15) is 15.0 Å². The van der Waals surface area contributed by atoms with Crippen molar-refractivity contribution in [3.05, 3.63) is 113 Å². The molecule has 0 bridgehead atoms. The van der Waals surface area contributed by atoms with Crippen LogP contribution in [0.1, 0.15) is 22.3 Å². The second-order valence-electron chi connectivity index (χ2n) is 8.40. The summed E-state index contributed by atoms with van der Waals surface area (Å²) in [7, 11) is 1.61. The highest BCUT2D eigenvalue weighted by Crippen LogP contribution is 2.26. The van der Waals surface area contributed by atoms with Crippen LogP contribution < -0.4 is 10.1 Å². The Balaban J connectivity index is 1.57. The van der Waals surface area contributed by atoms with E-state index in [4.69, 9.17) is 9.72 Å². The maximum absolute atomic E-state index is 13.7. The number of carbonyl (C=O) groups is 1. The smallest absolute Gasteiger partial charge is 0.257 e. The lowest BCUT2D eigenvalue weighted by Gasteiger charge is -2.13. The SMILES string of the molecule is COc1ccc(/C=C(/C(=O)Nc2c(C#N)cnn2-c2cc(C)c3ccccc3n2)c2ccccc2)cc1. The van der Waals surface area contributed by atoms with Gasteiger partial charge in [-0.3, -0.25) is 4.79 Å². The number of nitrogens with zero attached hydrogens (tertiary/aromatic N) is 4. The van der Waals surface area contributed by atoms with Gasteiger partial charge in [-0.1, -0.05) is 60.7 Å². The van der Waals surface area contributed by atoms with Gasteiger partial charge < -0.3 is 10.1 Å². The zero-order chi connectivity index (χ0) is 25.8. The predicted molar refractivity (Wildman–Crippen MR) is 144 cm³/mol. The average molecular weight is 486 g/mol. The molecule has 1 amide bonds. The number of amides is 1. The number of ether oxygens (including phenoxy) is 1. The van der Waals surface area contributed by atoms with Crippen molar-refractivity contribution in [3.8, 4) is 17.6 Å². The van der Waals surface area contributed by atoms with Gasteiger partial charge in [0.1, 0.15) is 17.4 Å². The van der Waals surface area contributed by atoms with Crippen molar-refractivity contribution in [1.29, 1.82) is 5.26 Å². The Labute approximate surface area is 214 Å². The van der Waals surface area contributed by atoms with Gasteiger partial charge in [0, 0.05) is 11.0 Å². The van der Waals surface area contributed by atoms with Gasteiger partial charge in [-0.05, 0) is 54.0 Å². The number of fused-ring (bicyclic) bond motifs is 1. The van der Waals surface area contributed by atoms with E-state index in [0.717, 1.165) is 33.3 Å². The first-order valence-electron chi connectivity index (χ1n) is 11.6. The van der Waals surface area contributed by atoms with E-state index in [-0.39, 0.29) is 17.3 Å². The summed E-state index contributed by atoms with van der Waals surface area (Å²) in [6.45, 7) is 1.99. The fourth-order valence-electron chi connectivity index (χ4n) is 4.10. The summed E-state index contributed by atoms with van der Waals surface area (Å²) < 4.78 is 6.74. The standard InChI is InChI=1S/C30H23N5O2/c1-20-16-28(33-27-11-7-6-10-25(20)27)35-29(23(18-31)19-32-35)34-30(36)26(22-8-4-3-5-9-22)17-21-12-14-24(37-2)15-13-21/h3-17,19H,1-2H3,(H,34,36)/b26-17+. The molecule has 1 N–H and O–H groups in total. The average Bonchev–Trinajstić information content (AvgIpc) is 3.34. The largest absolute Gasteiger partial charge is 0.497 e. The van der Waals surface area contributed by atoms with Crippen molar-refractivity contribution >= 4 is 34.3 Å². The molecule has 37 heavy (non-hydrogen) atoms. The van der Waals surface area contributed by atoms with Crippen molar-refractivity contribution in [1.82, 2.24) is 14.8 Å². The number of benzene rings is 3. The third kappa shape index (κ3) is 4.81. The van der Waals surface area contributed by atoms with Gasteiger partial charge in [-0.15, -0.1) is 0 Å². The molecule has 7 heteroatoms. The van der Waals surface area contributed by atoms with E-state index >= 15 is 0 Å². The summed E-state index contributed by atoms with van der Waals surface area (Å²) >= 11 is 0. The summed E-state index contributed by atoms with van der Waals surface area (Å²) in [5.41, 5.74) is 4.04. The summed E-state index contributed by atoms with van der Waals surface area (Å²) in [6.07, 6.45) is 3.23. The van der Waals surface area contributed by atoms with E-state index in [9.17, 15) is 10.1 Å². The highest BCUT2D eigenvalue weighted by molar-refractivity contribution is 6.29. The van der Waals surface area contributed by atoms with Crippen LogP contribution in [0.25, 0.3) is 28.4 Å². The summed E-state index contributed by atoms with van der Waals surface area (Å²) in [5, 5.41) is 18.1. The molecule has 7 nitrogen and oxygen atoms in total. The molecule has 0 aliphatic carbocycles. The Morgan fingerprint density at radius 3 is 2.49 bits per heavy atom. The minimum absolute atomic E-state index is 0.234. The molecule has 2 heterocycles. The highest BCUT2D eigenvalue weighted by Gasteiger charge is 2.20. The summed E-state index contributed by atoms with van der Waals surface area (Å²) in [5.74, 6) is 1.11. The van der Waals surface area contributed by atoms with Gasteiger partial charge in [0.15, 0.2) is 11.6 Å². The van der Waals surface area contributed by atoms with Crippen LogP contribution >= 0.6 is 0 Å². The molecule has 0 fully saturated rings. The van der Waals surface area contributed by atoms with Crippen LogP contribution in [0.2, 0.25) is 0 Å². The second-order valence-corrected chi connectivity index (χ2v) is 8.40. The molecule has 0 spiro atoms. The van der Waals surface area contributed by atoms with E-state index in [0.29, 0.717) is 11.4 Å². The minimum Gasteiger partial charge on any atom is -0.497 e. The Kier molecular flexibility index (Phi) is 6.47. The maximum atomic E-state index is 13.7. The van der Waals surface area contributed by atoms with Crippen molar-refractivity contribution in [2.45, 2.75) is 6.92 Å². The van der Waals surface area contributed by atoms with E-state index < -0.39 is 0 Å². The van der Waals surface area contributed by atoms with Crippen LogP contribution in [0.15, 0.2) is 91.1 Å². The van der Waals surface area contributed by atoms with E-state index in [1.165, 1.54) is 10.9 Å². The number of pyridine rings is 1. The molecule has 180 valence electrons. The van der Waals surface area contributed by atoms with Crippen LogP contribution in [-0.2, 0) is 4.79 Å². The van der Waals surface area contributed by atoms with Gasteiger partial charge in [0.05, 0.1) is 18.8 Å². The number of anilines is 1. The molecule has 2 aromatic heterocycles. The molecule has 0 saturated heterocycles. The molecule has 0 unspecified atom stereocenters. The Morgan fingerprint density at radius 1 is 1.03 bits per heavy atom. The monoisotopic (exact) mass is 485 g/mol. The maximum Gasteiger partial charge on any atom is 0.257 e. The fourth-order valence-corrected chi connectivity index (χ4v) is 4.10. The Morgan fingerprint density at radius 2 is 1.76 bits per heavy atom. The number of aromatic nitrogens is 3. The summed E-state index contributed by atoms with van der Waals surface area (Å²) in [6, 6.07) is 28.6. The molecule has 0 radical (unpaired) electrons. The van der Waals surface area contributed by atoms with Crippen molar-refractivity contribution in [2.24, 2.45) is 0 Å². The molecule has 5 aromatic rings. The normalized spacial score (nSPS) is 11.2. The molecule has 0 atom stereocenters. The molecular weight excluding hydrogens is 462 g/mol. The van der Waals surface area contributed by atoms with E-state index in [1.807, 2.05) is 91.9 Å². The Hall–Kier alpha value is -5.22. The first kappa shape index (κ1) is 23.5. The number of hydrogen-bond acceptors (Lipinski definition) is 5. The van der Waals surface area contributed by atoms with Crippen LogP contribution in [0, 0.1) is 18.3 Å². The van der Waals surface area contributed by atoms with Gasteiger partial charge >= 0.3 is 0 Å². The lowest BCUT2D eigenvalue weighted by Crippen LogP contribution is -2.18. The summed E-state index contributed by atoms with van der Waals surface area (Å²) in [4.78, 5) is 18.4. The fraction of sp³-hybridized carbons (Fsp3) is 0.0667. The number of nitrogens with one attached hydrogen (secondary N) is 1. The third-order valence-corrected chi connectivity index (χ3v) is 6.00. The molecule has 0 aliphatic rings. The topological polar surface area (TPSA) is 92.8 Å². The predicted octanol–water partition coefficient (Wildman–Crippen LogP) is 5.79. The van der Waals surface area contributed by atoms with Crippen LogP contribution in [0.5, 0.6) is 5.75 Å². The van der Waals surface area contributed by atoms with E-state index in [2.05, 4.69) is 16.5 Å². The zero-order valence-electron chi connectivity index (χ0n) is 20.3. The third-order valence-electron chi connectivity index (χ3n) is 6.00. The Bertz CT molecular complexity index is 1660. The number of aryl methyl sites for hydroxylation is 1. The molecule has 0 aliphatic heterocycles.